The van der Waals surface area contributed by atoms with Crippen molar-refractivity contribution in [1.82, 2.24) is 10.3 Å². The molecular formula is C17H24N2O2. The molecular weight excluding hydrogens is 264 g/mol. The molecule has 0 bridgehead atoms. The van der Waals surface area contributed by atoms with Crippen LogP contribution in [0.2, 0.25) is 0 Å². The molecule has 1 heterocycles. The number of amides is 1. The number of nitrogens with zero attached hydrogens (tertiary/aromatic N) is 1. The molecule has 0 fully saturated rings. The van der Waals surface area contributed by atoms with Gasteiger partial charge in [-0.2, -0.15) is 0 Å². The molecule has 21 heavy (non-hydrogen) atoms. The molecule has 1 unspecified atom stereocenters. The van der Waals surface area contributed by atoms with Crippen LogP contribution in [0.15, 0.2) is 18.3 Å². The van der Waals surface area contributed by atoms with Gasteiger partial charge in [-0.15, -0.1) is 0 Å². The van der Waals surface area contributed by atoms with Crippen molar-refractivity contribution in [2.24, 2.45) is 11.3 Å². The standard InChI is InChI=1S/C17H24N2O2/c1-13(17(2,3)4)12-19-16(21)15-14(8-5-6-11-20)9-7-10-18-15/h7,9-10,13,20H,6,11-12H2,1-4H3,(H,19,21). The molecule has 2 N–H and O–H groups in total. The molecule has 0 spiro atoms. The van der Waals surface area contributed by atoms with E-state index in [-0.39, 0.29) is 17.9 Å². The summed E-state index contributed by atoms with van der Waals surface area (Å²) in [5.74, 6) is 5.84. The third-order valence-corrected chi connectivity index (χ3v) is 3.53. The van der Waals surface area contributed by atoms with E-state index in [1.165, 1.54) is 0 Å². The van der Waals surface area contributed by atoms with Gasteiger partial charge in [0.05, 0.1) is 12.2 Å². The number of hydrogen-bond acceptors (Lipinski definition) is 3. The van der Waals surface area contributed by atoms with Crippen molar-refractivity contribution < 1.29 is 9.90 Å². The molecule has 1 atom stereocenters. The van der Waals surface area contributed by atoms with Gasteiger partial charge in [-0.1, -0.05) is 39.5 Å². The summed E-state index contributed by atoms with van der Waals surface area (Å²) in [6.45, 7) is 9.17. The fraction of sp³-hybridized carbons (Fsp3) is 0.529. The molecule has 0 radical (unpaired) electrons. The Morgan fingerprint density at radius 1 is 1.48 bits per heavy atom. The second-order valence-electron chi connectivity index (χ2n) is 6.15. The zero-order valence-corrected chi connectivity index (χ0v) is 13.2. The number of pyridine rings is 1. The summed E-state index contributed by atoms with van der Waals surface area (Å²) >= 11 is 0. The minimum absolute atomic E-state index is 0.0118. The van der Waals surface area contributed by atoms with Crippen LogP contribution in [0.3, 0.4) is 0 Å². The Labute approximate surface area is 127 Å². The van der Waals surface area contributed by atoms with Gasteiger partial charge in [-0.3, -0.25) is 4.79 Å². The maximum atomic E-state index is 12.2. The summed E-state index contributed by atoms with van der Waals surface area (Å²) in [6, 6.07) is 3.51. The third-order valence-electron chi connectivity index (χ3n) is 3.53. The first-order valence-electron chi connectivity index (χ1n) is 7.19. The van der Waals surface area contributed by atoms with E-state index in [9.17, 15) is 4.79 Å². The lowest BCUT2D eigenvalue weighted by atomic mass is 9.82. The summed E-state index contributed by atoms with van der Waals surface area (Å²) in [7, 11) is 0. The van der Waals surface area contributed by atoms with Gasteiger partial charge in [-0.25, -0.2) is 4.98 Å². The van der Waals surface area contributed by atoms with E-state index in [2.05, 4.69) is 49.8 Å². The van der Waals surface area contributed by atoms with Gasteiger partial charge in [-0.05, 0) is 23.5 Å². The average molecular weight is 288 g/mol. The number of aromatic nitrogens is 1. The molecule has 114 valence electrons. The Morgan fingerprint density at radius 3 is 2.81 bits per heavy atom. The highest BCUT2D eigenvalue weighted by Gasteiger charge is 2.21. The van der Waals surface area contributed by atoms with Crippen molar-refractivity contribution in [3.63, 3.8) is 0 Å². The molecule has 1 aromatic rings. The van der Waals surface area contributed by atoms with Gasteiger partial charge in [0.15, 0.2) is 0 Å². The molecule has 1 aromatic heterocycles. The molecule has 1 rings (SSSR count). The molecule has 1 amide bonds. The summed E-state index contributed by atoms with van der Waals surface area (Å²) < 4.78 is 0. The van der Waals surface area contributed by atoms with Crippen LogP contribution in [0.25, 0.3) is 0 Å². The highest BCUT2D eigenvalue weighted by molar-refractivity contribution is 5.94. The quantitative estimate of drug-likeness (QED) is 0.835. The number of hydrogen-bond donors (Lipinski definition) is 2. The lowest BCUT2D eigenvalue weighted by molar-refractivity contribution is 0.0932. The number of carbonyl (C=O) groups excluding carboxylic acids is 1. The highest BCUT2D eigenvalue weighted by atomic mass is 16.2. The smallest absolute Gasteiger partial charge is 0.271 e. The van der Waals surface area contributed by atoms with E-state index in [1.54, 1.807) is 18.3 Å². The Hall–Kier alpha value is -1.86. The second kappa shape index (κ2) is 7.80. The summed E-state index contributed by atoms with van der Waals surface area (Å²) in [5.41, 5.74) is 1.07. The minimum atomic E-state index is -0.208. The highest BCUT2D eigenvalue weighted by Crippen LogP contribution is 2.24. The van der Waals surface area contributed by atoms with E-state index >= 15 is 0 Å². The molecule has 0 aliphatic rings. The maximum absolute atomic E-state index is 12.2. The number of rotatable bonds is 4. The van der Waals surface area contributed by atoms with E-state index in [0.717, 1.165) is 0 Å². The van der Waals surface area contributed by atoms with Crippen molar-refractivity contribution in [3.8, 4) is 11.8 Å². The Morgan fingerprint density at radius 2 is 2.19 bits per heavy atom. The van der Waals surface area contributed by atoms with Gasteiger partial charge < -0.3 is 10.4 Å². The number of aliphatic hydroxyl groups excluding tert-OH is 1. The van der Waals surface area contributed by atoms with Crippen molar-refractivity contribution in [3.05, 3.63) is 29.6 Å². The van der Waals surface area contributed by atoms with Gasteiger partial charge in [0.25, 0.3) is 5.91 Å². The van der Waals surface area contributed by atoms with E-state index in [4.69, 9.17) is 5.11 Å². The fourth-order valence-electron chi connectivity index (χ4n) is 1.54. The van der Waals surface area contributed by atoms with Crippen LogP contribution in [0.4, 0.5) is 0 Å². The van der Waals surface area contributed by atoms with Crippen LogP contribution in [0.1, 0.15) is 50.2 Å². The van der Waals surface area contributed by atoms with Crippen molar-refractivity contribution >= 4 is 5.91 Å². The van der Waals surface area contributed by atoms with Crippen molar-refractivity contribution in [2.45, 2.75) is 34.1 Å². The largest absolute Gasteiger partial charge is 0.395 e. The first kappa shape index (κ1) is 17.2. The molecule has 0 saturated heterocycles. The van der Waals surface area contributed by atoms with Gasteiger partial charge in [0, 0.05) is 19.2 Å². The molecule has 4 nitrogen and oxygen atoms in total. The van der Waals surface area contributed by atoms with Gasteiger partial charge >= 0.3 is 0 Å². The van der Waals surface area contributed by atoms with Gasteiger partial charge in [0.1, 0.15) is 5.69 Å². The molecule has 0 aliphatic heterocycles. The number of nitrogens with one attached hydrogen (secondary N) is 1. The van der Waals surface area contributed by atoms with Crippen LogP contribution in [0, 0.1) is 23.2 Å². The van der Waals surface area contributed by atoms with Crippen LogP contribution in [-0.2, 0) is 0 Å². The lowest BCUT2D eigenvalue weighted by Gasteiger charge is -2.27. The predicted octanol–water partition coefficient (Wildman–Crippen LogP) is 2.23. The van der Waals surface area contributed by atoms with Crippen LogP contribution in [0.5, 0.6) is 0 Å². The summed E-state index contributed by atoms with van der Waals surface area (Å²) in [4.78, 5) is 16.4. The first-order valence-corrected chi connectivity index (χ1v) is 7.19. The zero-order chi connectivity index (χ0) is 15.9. The van der Waals surface area contributed by atoms with E-state index in [1.807, 2.05) is 0 Å². The normalized spacial score (nSPS) is 12.2. The van der Waals surface area contributed by atoms with E-state index < -0.39 is 0 Å². The topological polar surface area (TPSA) is 62.2 Å². The van der Waals surface area contributed by atoms with Crippen LogP contribution in [-0.4, -0.2) is 29.1 Å². The summed E-state index contributed by atoms with van der Waals surface area (Å²) in [6.07, 6.45) is 1.97. The SMILES string of the molecule is CC(CNC(=O)c1ncccc1C#CCCO)C(C)(C)C. The molecule has 4 heteroatoms. The second-order valence-corrected chi connectivity index (χ2v) is 6.15. The monoisotopic (exact) mass is 288 g/mol. The molecule has 0 aromatic carbocycles. The van der Waals surface area contributed by atoms with Crippen LogP contribution < -0.4 is 5.32 Å². The predicted molar refractivity (Wildman–Crippen MR) is 83.8 cm³/mol. The maximum Gasteiger partial charge on any atom is 0.271 e. The number of aliphatic hydroxyl groups is 1. The first-order chi connectivity index (χ1) is 9.86. The Balaban J connectivity index is 2.77. The van der Waals surface area contributed by atoms with Crippen LogP contribution >= 0.6 is 0 Å². The Kier molecular flexibility index (Phi) is 6.39. The molecule has 0 aliphatic carbocycles. The summed E-state index contributed by atoms with van der Waals surface area (Å²) in [5, 5.41) is 11.7. The van der Waals surface area contributed by atoms with Gasteiger partial charge in [0.2, 0.25) is 0 Å². The van der Waals surface area contributed by atoms with E-state index in [0.29, 0.717) is 30.1 Å². The number of carbonyl (C=O) groups is 1. The molecule has 0 saturated carbocycles. The van der Waals surface area contributed by atoms with Crippen molar-refractivity contribution in [1.29, 1.82) is 0 Å². The fourth-order valence-corrected chi connectivity index (χ4v) is 1.54. The minimum Gasteiger partial charge on any atom is -0.395 e. The average Bonchev–Trinajstić information content (AvgIpc) is 2.44. The zero-order valence-electron chi connectivity index (χ0n) is 13.2. The third kappa shape index (κ3) is 5.57. The lowest BCUT2D eigenvalue weighted by Crippen LogP contribution is -2.34. The van der Waals surface area contributed by atoms with Crippen molar-refractivity contribution in [2.75, 3.05) is 13.2 Å². The Bertz CT molecular complexity index is 536.